The fourth-order valence-corrected chi connectivity index (χ4v) is 11.2. The van der Waals surface area contributed by atoms with Crippen LogP contribution in [0.3, 0.4) is 0 Å². The average molecular weight is 1270 g/mol. The van der Waals surface area contributed by atoms with E-state index in [9.17, 15) is 19.2 Å². The summed E-state index contributed by atoms with van der Waals surface area (Å²) in [4.78, 5) is 56.2. The van der Waals surface area contributed by atoms with Crippen molar-refractivity contribution in [2.45, 2.75) is 91.6 Å². The van der Waals surface area contributed by atoms with Gasteiger partial charge in [0, 0.05) is 59.8 Å². The molecule has 0 fully saturated rings. The lowest BCUT2D eigenvalue weighted by Gasteiger charge is -2.28. The van der Waals surface area contributed by atoms with Crippen LogP contribution in [0, 0.1) is 13.8 Å². The maximum Gasteiger partial charge on any atom is 0.306 e. The average Bonchev–Trinajstić information content (AvgIpc) is 0.794. The summed E-state index contributed by atoms with van der Waals surface area (Å²) in [6, 6.07) is 77.5. The monoisotopic (exact) mass is 1270 g/mol. The number of rotatable bonds is 31. The summed E-state index contributed by atoms with van der Waals surface area (Å²) < 4.78 is 22.5. The fourth-order valence-electron chi connectivity index (χ4n) is 11.2. The molecule has 0 heterocycles. The molecule has 0 saturated heterocycles. The summed E-state index contributed by atoms with van der Waals surface area (Å²) in [5.41, 5.74) is 21.6. The Morgan fingerprint density at radius 3 is 0.698 bits per heavy atom. The summed E-state index contributed by atoms with van der Waals surface area (Å²) in [7, 11) is 0. The number of ether oxygens (including phenoxy) is 4. The molecule has 0 atom stereocenters. The molecule has 0 spiro atoms. The lowest BCUT2D eigenvalue weighted by molar-refractivity contribution is -0.145. The fraction of sp³-hybridized carbons (Fsp3) is 0.163. The Morgan fingerprint density at radius 1 is 0.292 bits per heavy atom. The van der Waals surface area contributed by atoms with Gasteiger partial charge in [0.05, 0.1) is 0 Å². The molecule has 10 aromatic carbocycles. The Hall–Kier alpha value is -11.4. The van der Waals surface area contributed by atoms with Crippen molar-refractivity contribution < 1.29 is 38.1 Å². The molecule has 0 aliphatic rings. The molecule has 10 heteroatoms. The van der Waals surface area contributed by atoms with E-state index in [4.69, 9.17) is 18.9 Å². The minimum absolute atomic E-state index is 0.211. The molecule has 10 aromatic rings. The van der Waals surface area contributed by atoms with Crippen molar-refractivity contribution in [2.75, 3.05) is 9.80 Å². The van der Waals surface area contributed by atoms with E-state index in [0.717, 1.165) is 123 Å². The van der Waals surface area contributed by atoms with E-state index < -0.39 is 0 Å². The maximum atomic E-state index is 12.9. The first-order chi connectivity index (χ1) is 46.8. The summed E-state index contributed by atoms with van der Waals surface area (Å²) in [6.45, 7) is 20.4. The third-order valence-electron chi connectivity index (χ3n) is 16.9. The molecule has 0 aromatic heterocycles. The lowest BCUT2D eigenvalue weighted by Crippen LogP contribution is -2.12. The Balaban J connectivity index is 0.866. The molecule has 482 valence electrons. The summed E-state index contributed by atoms with van der Waals surface area (Å²) in [5, 5.41) is 0. The molecule has 10 rings (SSSR count). The number of anilines is 6. The van der Waals surface area contributed by atoms with Crippen LogP contribution < -0.4 is 9.80 Å². The normalized spacial score (nSPS) is 10.8. The van der Waals surface area contributed by atoms with Crippen LogP contribution in [-0.4, -0.2) is 23.9 Å². The molecule has 0 aliphatic carbocycles. The van der Waals surface area contributed by atoms with Crippen LogP contribution in [0.15, 0.2) is 257 Å². The van der Waals surface area contributed by atoms with E-state index >= 15 is 0 Å². The second kappa shape index (κ2) is 33.5. The van der Waals surface area contributed by atoms with E-state index in [2.05, 4.69) is 183 Å². The SMILES string of the molecule is C=Cc1ccc(COC(=O)CCc2ccc(N(c3ccc(CCC(=O)OCc4ccc(C=C)cc4)cc3)c3ccc(-c4ccc(N(c5ccc(CCC(=O)OCc6ccc(C=C)cc6)cc5)c5ccc(CCC(=O)OCc6ccc(C=C)cc6)cc5)c(C)c4)cc3C)cc2)cc1. The van der Waals surface area contributed by atoms with Crippen molar-refractivity contribution in [1.29, 1.82) is 0 Å². The van der Waals surface area contributed by atoms with Gasteiger partial charge in [0.25, 0.3) is 0 Å². The van der Waals surface area contributed by atoms with Crippen LogP contribution in [0.1, 0.15) is 104 Å². The largest absolute Gasteiger partial charge is 0.461 e. The van der Waals surface area contributed by atoms with Gasteiger partial charge in [-0.15, -0.1) is 0 Å². The predicted molar refractivity (Wildman–Crippen MR) is 389 cm³/mol. The molecule has 0 N–H and O–H groups in total. The zero-order chi connectivity index (χ0) is 67.2. The van der Waals surface area contributed by atoms with Crippen molar-refractivity contribution in [1.82, 2.24) is 0 Å². The van der Waals surface area contributed by atoms with Gasteiger partial charge < -0.3 is 28.7 Å². The molecule has 96 heavy (non-hydrogen) atoms. The van der Waals surface area contributed by atoms with Crippen molar-refractivity contribution in [2.24, 2.45) is 0 Å². The highest BCUT2D eigenvalue weighted by molar-refractivity contribution is 5.84. The van der Waals surface area contributed by atoms with Gasteiger partial charge >= 0.3 is 23.9 Å². The van der Waals surface area contributed by atoms with Gasteiger partial charge in [-0.05, 0) is 201 Å². The van der Waals surface area contributed by atoms with E-state index in [1.54, 1.807) is 24.3 Å². The number of carbonyl (C=O) groups excluding carboxylic acids is 4. The third-order valence-corrected chi connectivity index (χ3v) is 16.9. The highest BCUT2D eigenvalue weighted by Gasteiger charge is 2.20. The van der Waals surface area contributed by atoms with E-state index in [1.807, 2.05) is 97.1 Å². The Labute approximate surface area is 564 Å². The maximum absolute atomic E-state index is 12.9. The molecule has 0 aliphatic heterocycles. The number of esters is 4. The van der Waals surface area contributed by atoms with Gasteiger partial charge in [0.2, 0.25) is 0 Å². The van der Waals surface area contributed by atoms with Crippen molar-refractivity contribution in [3.8, 4) is 11.1 Å². The Bertz CT molecular complexity index is 3800. The minimum Gasteiger partial charge on any atom is -0.461 e. The molecule has 0 radical (unpaired) electrons. The second-order valence-corrected chi connectivity index (χ2v) is 23.8. The molecule has 0 amide bonds. The van der Waals surface area contributed by atoms with E-state index in [0.29, 0.717) is 25.7 Å². The number of aryl methyl sites for hydroxylation is 6. The third kappa shape index (κ3) is 18.9. The summed E-state index contributed by atoms with van der Waals surface area (Å²) in [6.07, 6.45) is 10.2. The number of benzene rings is 10. The highest BCUT2D eigenvalue weighted by Crippen LogP contribution is 2.41. The molecule has 0 bridgehead atoms. The Kier molecular flexibility index (Phi) is 23.5. The first kappa shape index (κ1) is 67.5. The standard InChI is InChI=1S/C86H80N2O8/c1-7-63-11-19-71(20-12-63)57-93-83(89)51-35-67-27-41-77(42-28-67)87(78-43-29-68(30-44-78)36-52-84(90)94-58-72-21-13-64(8-2)14-22-72)81-49-39-75(55-61(81)5)76-40-50-82(62(6)56-76)88(79-45-31-69(32-46-79)37-53-85(91)95-59-73-23-15-65(9-3)16-24-73)80-47-33-70(34-48-80)38-54-86(92)96-60-74-25-17-66(10-4)18-26-74/h7-34,39-50,55-56H,1-4,35-38,51-54,57-60H2,5-6H3. The van der Waals surface area contributed by atoms with Crippen LogP contribution in [0.2, 0.25) is 0 Å². The molecule has 10 nitrogen and oxygen atoms in total. The summed E-state index contributed by atoms with van der Waals surface area (Å²) >= 11 is 0. The van der Waals surface area contributed by atoms with Crippen LogP contribution in [0.25, 0.3) is 35.4 Å². The predicted octanol–water partition coefficient (Wildman–Crippen LogP) is 20.2. The highest BCUT2D eigenvalue weighted by atomic mass is 16.5. The first-order valence-electron chi connectivity index (χ1n) is 32.5. The van der Waals surface area contributed by atoms with Crippen molar-refractivity contribution in [3.63, 3.8) is 0 Å². The van der Waals surface area contributed by atoms with Gasteiger partial charge in [-0.25, -0.2) is 0 Å². The van der Waals surface area contributed by atoms with Gasteiger partial charge in [-0.2, -0.15) is 0 Å². The van der Waals surface area contributed by atoms with Crippen LogP contribution in [0.4, 0.5) is 34.1 Å². The van der Waals surface area contributed by atoms with Gasteiger partial charge in [-0.1, -0.05) is 208 Å². The van der Waals surface area contributed by atoms with Crippen LogP contribution in [-0.2, 0) is 90.2 Å². The first-order valence-corrected chi connectivity index (χ1v) is 32.5. The molecular weight excluding hydrogens is 1190 g/mol. The van der Waals surface area contributed by atoms with E-state index in [-0.39, 0.29) is 76.0 Å². The van der Waals surface area contributed by atoms with Crippen LogP contribution >= 0.6 is 0 Å². The Morgan fingerprint density at radius 2 is 0.500 bits per heavy atom. The van der Waals surface area contributed by atoms with E-state index in [1.165, 1.54) is 0 Å². The van der Waals surface area contributed by atoms with Gasteiger partial charge in [-0.3, -0.25) is 19.2 Å². The zero-order valence-electron chi connectivity index (χ0n) is 54.7. The number of hydrogen-bond donors (Lipinski definition) is 0. The number of carbonyl (C=O) groups is 4. The van der Waals surface area contributed by atoms with Crippen LogP contribution in [0.5, 0.6) is 0 Å². The summed E-state index contributed by atoms with van der Waals surface area (Å²) in [5.74, 6) is -1.05. The second-order valence-electron chi connectivity index (χ2n) is 23.8. The smallest absolute Gasteiger partial charge is 0.306 e. The minimum atomic E-state index is -0.262. The molecule has 0 unspecified atom stereocenters. The van der Waals surface area contributed by atoms with Gasteiger partial charge in [0.15, 0.2) is 0 Å². The number of hydrogen-bond acceptors (Lipinski definition) is 10. The van der Waals surface area contributed by atoms with Crippen molar-refractivity contribution >= 4 is 82.3 Å². The van der Waals surface area contributed by atoms with Gasteiger partial charge in [0.1, 0.15) is 26.4 Å². The topological polar surface area (TPSA) is 112 Å². The van der Waals surface area contributed by atoms with Crippen molar-refractivity contribution in [3.05, 3.63) is 335 Å². The molecule has 0 saturated carbocycles. The number of nitrogens with zero attached hydrogens (tertiary/aromatic N) is 2. The zero-order valence-corrected chi connectivity index (χ0v) is 54.7. The molecular formula is C86H80N2O8. The quantitative estimate of drug-likeness (QED) is 0.0308. The lowest BCUT2D eigenvalue weighted by atomic mass is 9.98.